The van der Waals surface area contributed by atoms with Crippen LogP contribution in [0.25, 0.3) is 0 Å². The molecule has 0 aliphatic carbocycles. The van der Waals surface area contributed by atoms with E-state index in [1.165, 1.54) is 6.20 Å². The number of aromatic nitrogens is 2. The summed E-state index contributed by atoms with van der Waals surface area (Å²) in [6.45, 7) is 10.3. The van der Waals surface area contributed by atoms with Crippen LogP contribution >= 0.6 is 0 Å². The van der Waals surface area contributed by atoms with Crippen molar-refractivity contribution in [1.29, 1.82) is 0 Å². The molecule has 100 valence electrons. The molecule has 1 aromatic rings. The molecule has 0 bridgehead atoms. The molecule has 1 heterocycles. The predicted molar refractivity (Wildman–Crippen MR) is 67.6 cm³/mol. The van der Waals surface area contributed by atoms with Crippen molar-refractivity contribution in [2.45, 2.75) is 40.7 Å². The number of hydrogen-bond acceptors (Lipinski definition) is 4. The third-order valence-electron chi connectivity index (χ3n) is 2.58. The predicted octanol–water partition coefficient (Wildman–Crippen LogP) is 2.61. The fraction of sp³-hybridized carbons (Fsp3) is 0.615. The van der Waals surface area contributed by atoms with Gasteiger partial charge in [0.25, 0.3) is 0 Å². The van der Waals surface area contributed by atoms with E-state index in [4.69, 9.17) is 9.84 Å². The van der Waals surface area contributed by atoms with Crippen LogP contribution in [0.1, 0.15) is 55.7 Å². The first-order valence-electron chi connectivity index (χ1n) is 5.95. The van der Waals surface area contributed by atoms with Crippen molar-refractivity contribution in [1.82, 2.24) is 9.97 Å². The topological polar surface area (TPSA) is 72.3 Å². The smallest absolute Gasteiger partial charge is 0.339 e. The van der Waals surface area contributed by atoms with E-state index in [-0.39, 0.29) is 17.1 Å². The van der Waals surface area contributed by atoms with Crippen molar-refractivity contribution in [3.63, 3.8) is 0 Å². The lowest BCUT2D eigenvalue weighted by molar-refractivity contribution is -0.0192. The molecular weight excluding hydrogens is 232 g/mol. The Labute approximate surface area is 107 Å². The van der Waals surface area contributed by atoms with Crippen LogP contribution in [0.5, 0.6) is 0 Å². The van der Waals surface area contributed by atoms with E-state index < -0.39 is 5.97 Å². The lowest BCUT2D eigenvalue weighted by Gasteiger charge is -2.29. The molecule has 0 saturated carbocycles. The van der Waals surface area contributed by atoms with Crippen molar-refractivity contribution in [2.75, 3.05) is 6.61 Å². The molecule has 18 heavy (non-hydrogen) atoms. The first kappa shape index (κ1) is 14.6. The van der Waals surface area contributed by atoms with Gasteiger partial charge in [0.05, 0.1) is 11.3 Å². The molecule has 0 fully saturated rings. The summed E-state index contributed by atoms with van der Waals surface area (Å²) in [5.74, 6) is -0.477. The Hall–Kier alpha value is -1.49. The van der Waals surface area contributed by atoms with Gasteiger partial charge in [0.2, 0.25) is 0 Å². The van der Waals surface area contributed by atoms with E-state index in [9.17, 15) is 4.79 Å². The summed E-state index contributed by atoms with van der Waals surface area (Å²) < 4.78 is 5.68. The maximum atomic E-state index is 10.9. The van der Waals surface area contributed by atoms with Crippen molar-refractivity contribution < 1.29 is 14.6 Å². The number of hydrogen-bond donors (Lipinski definition) is 1. The second-order valence-electron chi connectivity index (χ2n) is 5.23. The van der Waals surface area contributed by atoms with Crippen LogP contribution in [0, 0.1) is 12.3 Å². The fourth-order valence-corrected chi connectivity index (χ4v) is 1.70. The molecule has 1 atom stereocenters. The number of carboxylic acid groups (broad SMARTS) is 1. The van der Waals surface area contributed by atoms with Gasteiger partial charge in [-0.1, -0.05) is 20.8 Å². The number of nitrogens with zero attached hydrogens (tertiary/aromatic N) is 2. The Bertz CT molecular complexity index is 438. The minimum absolute atomic E-state index is 0.128. The molecule has 1 unspecified atom stereocenters. The van der Waals surface area contributed by atoms with Gasteiger partial charge < -0.3 is 9.84 Å². The Morgan fingerprint density at radius 1 is 1.50 bits per heavy atom. The zero-order valence-corrected chi connectivity index (χ0v) is 11.5. The van der Waals surface area contributed by atoms with Crippen LogP contribution in [-0.2, 0) is 4.74 Å². The molecule has 0 radical (unpaired) electrons. The summed E-state index contributed by atoms with van der Waals surface area (Å²) in [5, 5.41) is 8.95. The van der Waals surface area contributed by atoms with Crippen molar-refractivity contribution >= 4 is 5.97 Å². The molecule has 1 N–H and O–H groups in total. The van der Waals surface area contributed by atoms with Crippen LogP contribution < -0.4 is 0 Å². The standard InChI is InChI=1S/C13H20N2O3/c1-6-18-10(13(3,4)5)11-14-7-9(12(16)17)8(2)15-11/h7,10H,6H2,1-5H3,(H,16,17). The number of carboxylic acids is 1. The van der Waals surface area contributed by atoms with Gasteiger partial charge in [-0.25, -0.2) is 14.8 Å². The van der Waals surface area contributed by atoms with E-state index in [1.807, 2.05) is 27.7 Å². The molecule has 1 rings (SSSR count). The summed E-state index contributed by atoms with van der Waals surface area (Å²) in [7, 11) is 0. The summed E-state index contributed by atoms with van der Waals surface area (Å²) in [4.78, 5) is 19.3. The molecular formula is C13H20N2O3. The van der Waals surface area contributed by atoms with E-state index in [2.05, 4.69) is 9.97 Å². The van der Waals surface area contributed by atoms with Gasteiger partial charge in [-0.15, -0.1) is 0 Å². The lowest BCUT2D eigenvalue weighted by atomic mass is 9.88. The third-order valence-corrected chi connectivity index (χ3v) is 2.58. The number of ether oxygens (including phenoxy) is 1. The van der Waals surface area contributed by atoms with Gasteiger partial charge in [0.1, 0.15) is 6.10 Å². The van der Waals surface area contributed by atoms with Crippen molar-refractivity contribution in [3.8, 4) is 0 Å². The average Bonchev–Trinajstić information content (AvgIpc) is 2.23. The highest BCUT2D eigenvalue weighted by Gasteiger charge is 2.29. The molecule has 5 nitrogen and oxygen atoms in total. The molecule has 0 spiro atoms. The largest absolute Gasteiger partial charge is 0.478 e. The minimum atomic E-state index is -1.01. The minimum Gasteiger partial charge on any atom is -0.478 e. The van der Waals surface area contributed by atoms with Gasteiger partial charge in [-0.05, 0) is 19.3 Å². The Morgan fingerprint density at radius 2 is 2.11 bits per heavy atom. The highest BCUT2D eigenvalue weighted by atomic mass is 16.5. The Morgan fingerprint density at radius 3 is 2.50 bits per heavy atom. The maximum Gasteiger partial charge on any atom is 0.339 e. The van der Waals surface area contributed by atoms with Gasteiger partial charge in [-0.2, -0.15) is 0 Å². The van der Waals surface area contributed by atoms with Gasteiger partial charge in [-0.3, -0.25) is 0 Å². The SMILES string of the molecule is CCOC(c1ncc(C(=O)O)c(C)n1)C(C)(C)C. The number of aryl methyl sites for hydroxylation is 1. The third kappa shape index (κ3) is 3.26. The van der Waals surface area contributed by atoms with Crippen LogP contribution in [0.2, 0.25) is 0 Å². The normalized spacial score (nSPS) is 13.4. The summed E-state index contributed by atoms with van der Waals surface area (Å²) >= 11 is 0. The highest BCUT2D eigenvalue weighted by Crippen LogP contribution is 2.34. The van der Waals surface area contributed by atoms with Crippen LogP contribution in [0.15, 0.2) is 6.20 Å². The zero-order chi connectivity index (χ0) is 13.9. The zero-order valence-electron chi connectivity index (χ0n) is 11.5. The Balaban J connectivity index is 3.15. The quantitative estimate of drug-likeness (QED) is 0.891. The summed E-state index contributed by atoms with van der Waals surface area (Å²) in [6.07, 6.45) is 1.10. The average molecular weight is 252 g/mol. The molecule has 0 amide bonds. The summed E-state index contributed by atoms with van der Waals surface area (Å²) in [6, 6.07) is 0. The highest BCUT2D eigenvalue weighted by molar-refractivity contribution is 5.88. The van der Waals surface area contributed by atoms with Gasteiger partial charge >= 0.3 is 5.97 Å². The maximum absolute atomic E-state index is 10.9. The molecule has 5 heteroatoms. The number of aromatic carboxylic acids is 1. The van der Waals surface area contributed by atoms with E-state index in [0.717, 1.165) is 0 Å². The van der Waals surface area contributed by atoms with E-state index >= 15 is 0 Å². The molecule has 0 saturated heterocycles. The van der Waals surface area contributed by atoms with Crippen LogP contribution in [0.4, 0.5) is 0 Å². The van der Waals surface area contributed by atoms with Crippen LogP contribution in [0.3, 0.4) is 0 Å². The molecule has 0 aliphatic heterocycles. The van der Waals surface area contributed by atoms with E-state index in [1.54, 1.807) is 6.92 Å². The monoisotopic (exact) mass is 252 g/mol. The molecule has 0 aromatic carbocycles. The first-order valence-corrected chi connectivity index (χ1v) is 5.95. The van der Waals surface area contributed by atoms with Gasteiger partial charge in [0.15, 0.2) is 5.82 Å². The first-order chi connectivity index (χ1) is 8.27. The Kier molecular flexibility index (Phi) is 4.40. The number of rotatable bonds is 4. The molecule has 0 aliphatic rings. The lowest BCUT2D eigenvalue weighted by Crippen LogP contribution is -2.24. The summed E-state index contributed by atoms with van der Waals surface area (Å²) in [5.41, 5.74) is 0.442. The van der Waals surface area contributed by atoms with E-state index in [0.29, 0.717) is 18.1 Å². The molecule has 1 aromatic heterocycles. The van der Waals surface area contributed by atoms with Crippen molar-refractivity contribution in [3.05, 3.63) is 23.3 Å². The van der Waals surface area contributed by atoms with Gasteiger partial charge in [0, 0.05) is 12.8 Å². The fourth-order valence-electron chi connectivity index (χ4n) is 1.70. The second-order valence-corrected chi connectivity index (χ2v) is 5.23. The number of carbonyl (C=O) groups is 1. The van der Waals surface area contributed by atoms with Crippen molar-refractivity contribution in [2.24, 2.45) is 5.41 Å². The van der Waals surface area contributed by atoms with Crippen LogP contribution in [-0.4, -0.2) is 27.7 Å². The second kappa shape index (κ2) is 5.44.